The van der Waals surface area contributed by atoms with Crippen molar-refractivity contribution in [2.24, 2.45) is 50.7 Å². The van der Waals surface area contributed by atoms with Gasteiger partial charge in [-0.15, -0.1) is 0 Å². The number of carbonyl (C=O) groups is 2. The molecule has 35 heavy (non-hydrogen) atoms. The Morgan fingerprint density at radius 2 is 1.60 bits per heavy atom. The first kappa shape index (κ1) is 25.5. The number of ether oxygens (including phenoxy) is 1. The van der Waals surface area contributed by atoms with Crippen LogP contribution >= 0.6 is 0 Å². The molecule has 0 aromatic rings. The zero-order valence-corrected chi connectivity index (χ0v) is 23.8. The Hall–Kier alpha value is -1.12. The Morgan fingerprint density at radius 1 is 0.886 bits per heavy atom. The van der Waals surface area contributed by atoms with E-state index in [0.717, 1.165) is 32.1 Å². The Balaban J connectivity index is 1.54. The van der Waals surface area contributed by atoms with Gasteiger partial charge in [-0.25, -0.2) is 0 Å². The van der Waals surface area contributed by atoms with Gasteiger partial charge in [0.05, 0.1) is 0 Å². The van der Waals surface area contributed by atoms with Gasteiger partial charge in [0, 0.05) is 17.8 Å². The summed E-state index contributed by atoms with van der Waals surface area (Å²) in [4.78, 5) is 24.5. The molecule has 5 aliphatic carbocycles. The van der Waals surface area contributed by atoms with Crippen LogP contribution in [0.25, 0.3) is 0 Å². The van der Waals surface area contributed by atoms with Gasteiger partial charge in [0.25, 0.3) is 0 Å². The highest BCUT2D eigenvalue weighted by Crippen LogP contribution is 2.76. The molecule has 5 rings (SSSR count). The van der Waals surface area contributed by atoms with Gasteiger partial charge in [0.1, 0.15) is 12.4 Å². The smallest absolute Gasteiger partial charge is 0.302 e. The van der Waals surface area contributed by atoms with Gasteiger partial charge < -0.3 is 9.53 Å². The fourth-order valence-electron chi connectivity index (χ4n) is 11.3. The van der Waals surface area contributed by atoms with E-state index in [1.165, 1.54) is 38.4 Å². The molecule has 0 amide bonds. The number of hydrogen-bond donors (Lipinski definition) is 0. The zero-order chi connectivity index (χ0) is 25.6. The molecule has 0 spiro atoms. The van der Waals surface area contributed by atoms with Crippen LogP contribution in [0.5, 0.6) is 0 Å². The molecule has 8 atom stereocenters. The summed E-state index contributed by atoms with van der Waals surface area (Å²) >= 11 is 0. The zero-order valence-electron chi connectivity index (χ0n) is 23.8. The van der Waals surface area contributed by atoms with Crippen LogP contribution in [0.2, 0.25) is 0 Å². The Bertz CT molecular complexity index is 944. The highest BCUT2D eigenvalue weighted by Gasteiger charge is 2.69. The van der Waals surface area contributed by atoms with Crippen molar-refractivity contribution in [2.75, 3.05) is 0 Å². The van der Waals surface area contributed by atoms with E-state index in [1.807, 2.05) is 0 Å². The van der Waals surface area contributed by atoms with Crippen molar-refractivity contribution in [1.29, 1.82) is 0 Å². The summed E-state index contributed by atoms with van der Waals surface area (Å²) in [5.41, 5.74) is 3.89. The van der Waals surface area contributed by atoms with Crippen molar-refractivity contribution in [3.63, 3.8) is 0 Å². The van der Waals surface area contributed by atoms with Crippen LogP contribution in [0, 0.1) is 50.7 Å². The molecule has 0 aromatic heterocycles. The maximum Gasteiger partial charge on any atom is 0.302 e. The van der Waals surface area contributed by atoms with Crippen LogP contribution < -0.4 is 0 Å². The molecule has 0 saturated heterocycles. The molecule has 0 heterocycles. The van der Waals surface area contributed by atoms with Crippen LogP contribution in [0.1, 0.15) is 120 Å². The fraction of sp³-hybridized carbons (Fsp3) is 0.875. The number of carbonyl (C=O) groups excluding carboxylic acids is 2. The summed E-state index contributed by atoms with van der Waals surface area (Å²) in [6.07, 6.45) is 13.0. The lowest BCUT2D eigenvalue weighted by Crippen LogP contribution is -2.65. The summed E-state index contributed by atoms with van der Waals surface area (Å²) in [5.74, 6) is 2.26. The quantitative estimate of drug-likeness (QED) is 0.233. The fourth-order valence-corrected chi connectivity index (χ4v) is 11.3. The molecule has 4 saturated carbocycles. The first-order valence-electron chi connectivity index (χ1n) is 14.6. The largest absolute Gasteiger partial charge is 0.462 e. The molecular weight excluding hydrogens is 432 g/mol. The van der Waals surface area contributed by atoms with Crippen molar-refractivity contribution >= 4 is 12.3 Å². The van der Waals surface area contributed by atoms with E-state index in [4.69, 9.17) is 4.74 Å². The minimum atomic E-state index is -0.168. The van der Waals surface area contributed by atoms with Gasteiger partial charge in [-0.3, -0.25) is 4.79 Å². The number of aldehydes is 1. The standard InChI is InChI=1S/C32H50O3/c1-20(2)22-11-16-32(19-33)18-17-30(7)23(27(22)32)9-10-25-29(6)14-13-26(35-21(3)34)28(4,5)24(29)12-15-31(25,30)8/h19-20,23-26H,9-18H2,1-8H3/t23-,24?,25-,26+,29+,30-,31-,32-/m1/s1. The lowest BCUT2D eigenvalue weighted by Gasteiger charge is -2.72. The second-order valence-electron chi connectivity index (χ2n) is 14.9. The second-order valence-corrected chi connectivity index (χ2v) is 14.9. The van der Waals surface area contributed by atoms with E-state index >= 15 is 0 Å². The molecule has 3 nitrogen and oxygen atoms in total. The monoisotopic (exact) mass is 482 g/mol. The molecule has 0 N–H and O–H groups in total. The Kier molecular flexibility index (Phi) is 5.79. The SMILES string of the molecule is CC(=O)O[C@H]1CC[C@@]2(C)C(CC[C@]3(C)[C@@H]2CC[C@@H]2C4=C(C(C)C)CC[C@]4(C=O)CC[C@]23C)C1(C)C. The first-order valence-corrected chi connectivity index (χ1v) is 14.6. The number of rotatable bonds is 3. The van der Waals surface area contributed by atoms with Gasteiger partial charge in [0.2, 0.25) is 0 Å². The van der Waals surface area contributed by atoms with Crippen molar-refractivity contribution in [3.05, 3.63) is 11.1 Å². The Morgan fingerprint density at radius 3 is 2.23 bits per heavy atom. The third-order valence-electron chi connectivity index (χ3n) is 13.2. The lowest BCUT2D eigenvalue weighted by atomic mass is 9.33. The summed E-state index contributed by atoms with van der Waals surface area (Å²) in [7, 11) is 0. The maximum atomic E-state index is 12.6. The number of esters is 1. The minimum Gasteiger partial charge on any atom is -0.462 e. The predicted molar refractivity (Wildman–Crippen MR) is 141 cm³/mol. The average molecular weight is 483 g/mol. The molecule has 4 fully saturated rings. The van der Waals surface area contributed by atoms with Gasteiger partial charge in [-0.2, -0.15) is 0 Å². The minimum absolute atomic E-state index is 0.00970. The summed E-state index contributed by atoms with van der Waals surface area (Å²) in [5, 5.41) is 0. The van der Waals surface area contributed by atoms with Crippen LogP contribution in [-0.4, -0.2) is 18.4 Å². The number of allylic oxidation sites excluding steroid dienone is 2. The van der Waals surface area contributed by atoms with Crippen molar-refractivity contribution in [3.8, 4) is 0 Å². The molecule has 0 radical (unpaired) electrons. The molecule has 5 aliphatic rings. The normalized spacial score (nSPS) is 48.5. The second kappa shape index (κ2) is 7.94. The highest BCUT2D eigenvalue weighted by atomic mass is 16.5. The van der Waals surface area contributed by atoms with Gasteiger partial charge >= 0.3 is 5.97 Å². The Labute approximate surface area is 214 Å². The molecule has 0 aromatic carbocycles. The molecular formula is C32H50O3. The third-order valence-corrected chi connectivity index (χ3v) is 13.2. The van der Waals surface area contributed by atoms with E-state index in [-0.39, 0.29) is 39.1 Å². The number of hydrogen-bond acceptors (Lipinski definition) is 3. The van der Waals surface area contributed by atoms with E-state index in [9.17, 15) is 9.59 Å². The summed E-state index contributed by atoms with van der Waals surface area (Å²) < 4.78 is 5.89. The topological polar surface area (TPSA) is 43.4 Å². The van der Waals surface area contributed by atoms with E-state index in [0.29, 0.717) is 23.7 Å². The van der Waals surface area contributed by atoms with Crippen LogP contribution in [-0.2, 0) is 14.3 Å². The van der Waals surface area contributed by atoms with Crippen molar-refractivity contribution in [2.45, 2.75) is 126 Å². The van der Waals surface area contributed by atoms with Crippen LogP contribution in [0.3, 0.4) is 0 Å². The molecule has 0 bridgehead atoms. The molecule has 0 aliphatic heterocycles. The summed E-state index contributed by atoms with van der Waals surface area (Å²) in [6, 6.07) is 0. The predicted octanol–water partition coefficient (Wildman–Crippen LogP) is 7.92. The van der Waals surface area contributed by atoms with Crippen LogP contribution in [0.4, 0.5) is 0 Å². The molecule has 1 unspecified atom stereocenters. The maximum absolute atomic E-state index is 12.6. The highest BCUT2D eigenvalue weighted by molar-refractivity contribution is 5.69. The van der Waals surface area contributed by atoms with Crippen molar-refractivity contribution < 1.29 is 14.3 Å². The third kappa shape index (κ3) is 3.21. The molecule has 3 heteroatoms. The van der Waals surface area contributed by atoms with E-state index in [2.05, 4.69) is 48.5 Å². The van der Waals surface area contributed by atoms with Crippen LogP contribution in [0.15, 0.2) is 11.1 Å². The van der Waals surface area contributed by atoms with Crippen molar-refractivity contribution in [1.82, 2.24) is 0 Å². The van der Waals surface area contributed by atoms with Gasteiger partial charge in [0.15, 0.2) is 0 Å². The van der Waals surface area contributed by atoms with E-state index in [1.54, 1.807) is 18.1 Å². The summed E-state index contributed by atoms with van der Waals surface area (Å²) in [6.45, 7) is 18.9. The first-order chi connectivity index (χ1) is 16.3. The lowest BCUT2D eigenvalue weighted by molar-refractivity contribution is -0.232. The van der Waals surface area contributed by atoms with Gasteiger partial charge in [-0.05, 0) is 104 Å². The number of fused-ring (bicyclic) bond motifs is 7. The molecule has 196 valence electrons. The van der Waals surface area contributed by atoms with E-state index < -0.39 is 0 Å². The average Bonchev–Trinajstić information content (AvgIpc) is 3.16. The van der Waals surface area contributed by atoms with Gasteiger partial charge in [-0.1, -0.05) is 59.6 Å².